The molecule has 0 amide bonds. The van der Waals surface area contributed by atoms with Crippen molar-refractivity contribution in [1.29, 1.82) is 0 Å². The molecule has 0 saturated carbocycles. The van der Waals surface area contributed by atoms with Gasteiger partial charge in [-0.15, -0.1) is 0 Å². The Morgan fingerprint density at radius 3 is 2.35 bits per heavy atom. The van der Waals surface area contributed by atoms with Crippen LogP contribution in [-0.2, 0) is 6.54 Å². The predicted molar refractivity (Wildman–Crippen MR) is 158 cm³/mol. The Kier molecular flexibility index (Phi) is 7.54. The van der Waals surface area contributed by atoms with Crippen LogP contribution in [0.2, 0.25) is 0 Å². The molecule has 7 heteroatoms. The third kappa shape index (κ3) is 4.56. The number of fused-ring (bicyclic) bond motifs is 5. The fraction of sp³-hybridized carbons (Fsp3) is 0.121. The molecule has 0 unspecified atom stereocenters. The highest BCUT2D eigenvalue weighted by molar-refractivity contribution is 5.95. The quantitative estimate of drug-likeness (QED) is 0.188. The first-order chi connectivity index (χ1) is 19.1. The number of rotatable bonds is 7. The Morgan fingerprint density at radius 1 is 0.775 bits per heavy atom. The molecule has 0 spiro atoms. The fourth-order valence-corrected chi connectivity index (χ4v) is 5.39. The number of nitrogens with zero attached hydrogens (tertiary/aromatic N) is 2. The summed E-state index contributed by atoms with van der Waals surface area (Å²) in [5.41, 5.74) is 14.4. The van der Waals surface area contributed by atoms with Gasteiger partial charge in [0.1, 0.15) is 12.1 Å². The van der Waals surface area contributed by atoms with E-state index in [0.717, 1.165) is 50.0 Å². The Bertz CT molecular complexity index is 1880. The third-order valence-corrected chi connectivity index (χ3v) is 7.13. The number of para-hydroxylation sites is 3. The van der Waals surface area contributed by atoms with E-state index < -0.39 is 0 Å². The standard InChI is InChI=1S/C33H30N3O3.ClH/c1-37-29-18-16-25(32(38-2)33(29)39-3)21-35-27-12-4-5-13-28(27)36-30(35)19-17-24-10-7-9-23(31(24)36)15-14-22-8-6-11-26(34)20-22;/h4-20H,21,34H2,1-3H3;1H/q+1;/p-1. The summed E-state index contributed by atoms with van der Waals surface area (Å²) in [5, 5.41) is 1.16. The lowest BCUT2D eigenvalue weighted by atomic mass is 10.1. The minimum Gasteiger partial charge on any atom is -1.00 e. The van der Waals surface area contributed by atoms with Gasteiger partial charge in [-0.3, -0.25) is 0 Å². The first kappa shape index (κ1) is 26.9. The second-order valence-corrected chi connectivity index (χ2v) is 9.38. The van der Waals surface area contributed by atoms with Crippen LogP contribution in [-0.4, -0.2) is 25.7 Å². The highest BCUT2D eigenvalue weighted by Gasteiger charge is 2.25. The minimum absolute atomic E-state index is 0. The van der Waals surface area contributed by atoms with E-state index >= 15 is 0 Å². The zero-order chi connectivity index (χ0) is 26.9. The second kappa shape index (κ2) is 11.2. The number of pyridine rings is 1. The van der Waals surface area contributed by atoms with Crippen LogP contribution in [0.3, 0.4) is 0 Å². The van der Waals surface area contributed by atoms with Gasteiger partial charge < -0.3 is 32.4 Å². The largest absolute Gasteiger partial charge is 1.00 e. The molecule has 4 aromatic carbocycles. The second-order valence-electron chi connectivity index (χ2n) is 9.38. The molecule has 40 heavy (non-hydrogen) atoms. The van der Waals surface area contributed by atoms with Gasteiger partial charge in [0.05, 0.1) is 21.3 Å². The molecule has 202 valence electrons. The number of anilines is 1. The molecular formula is C33H30ClN3O3. The highest BCUT2D eigenvalue weighted by Crippen LogP contribution is 2.40. The lowest BCUT2D eigenvalue weighted by Gasteiger charge is -2.15. The molecule has 0 radical (unpaired) electrons. The lowest BCUT2D eigenvalue weighted by Crippen LogP contribution is -3.00. The molecule has 0 aliphatic rings. The number of methoxy groups -OCH3 is 3. The Balaban J connectivity index is 0.00000323. The summed E-state index contributed by atoms with van der Waals surface area (Å²) in [7, 11) is 4.92. The van der Waals surface area contributed by atoms with Gasteiger partial charge in [-0.05, 0) is 48.0 Å². The number of aromatic nitrogens is 2. The van der Waals surface area contributed by atoms with Crippen molar-refractivity contribution in [3.05, 3.63) is 108 Å². The number of imidazole rings is 1. The summed E-state index contributed by atoms with van der Waals surface area (Å²) in [5.74, 6) is 1.89. The van der Waals surface area contributed by atoms with Gasteiger partial charge in [0.25, 0.3) is 5.65 Å². The SMILES string of the molecule is COc1ccc(C[n+]2c3ccccc3n3c4c(C=Cc5cccc(N)c5)cccc4ccc32)c(OC)c1OC.[Cl-]. The van der Waals surface area contributed by atoms with E-state index in [2.05, 4.69) is 81.8 Å². The number of nitrogen functional groups attached to an aromatic ring is 1. The molecule has 0 aliphatic heterocycles. The van der Waals surface area contributed by atoms with Gasteiger partial charge in [0, 0.05) is 28.3 Å². The van der Waals surface area contributed by atoms with Gasteiger partial charge in [-0.25, -0.2) is 4.57 Å². The van der Waals surface area contributed by atoms with Crippen LogP contribution in [0, 0.1) is 0 Å². The van der Waals surface area contributed by atoms with Gasteiger partial charge in [0.2, 0.25) is 5.75 Å². The number of hydrogen-bond acceptors (Lipinski definition) is 4. The molecule has 0 saturated heterocycles. The van der Waals surface area contributed by atoms with Crippen LogP contribution >= 0.6 is 0 Å². The molecule has 6 aromatic rings. The number of benzene rings is 4. The van der Waals surface area contributed by atoms with Gasteiger partial charge in [-0.2, -0.15) is 4.40 Å². The summed E-state index contributed by atoms with van der Waals surface area (Å²) in [6.07, 6.45) is 4.27. The average molecular weight is 552 g/mol. The summed E-state index contributed by atoms with van der Waals surface area (Å²) in [4.78, 5) is 0. The van der Waals surface area contributed by atoms with Gasteiger partial charge in [-0.1, -0.05) is 54.6 Å². The van der Waals surface area contributed by atoms with E-state index in [1.807, 2.05) is 30.3 Å². The molecule has 6 rings (SSSR count). The Morgan fingerprint density at radius 2 is 1.57 bits per heavy atom. The number of hydrogen-bond donors (Lipinski definition) is 1. The molecular weight excluding hydrogens is 522 g/mol. The van der Waals surface area contributed by atoms with Crippen LogP contribution < -0.4 is 36.9 Å². The zero-order valence-electron chi connectivity index (χ0n) is 22.6. The molecule has 2 N–H and O–H groups in total. The monoisotopic (exact) mass is 551 g/mol. The van der Waals surface area contributed by atoms with Gasteiger partial charge >= 0.3 is 0 Å². The van der Waals surface area contributed by atoms with Crippen molar-refractivity contribution >= 4 is 45.4 Å². The Hall–Kier alpha value is -4.68. The average Bonchev–Trinajstić information content (AvgIpc) is 3.29. The van der Waals surface area contributed by atoms with Crippen LogP contribution in [0.1, 0.15) is 16.7 Å². The van der Waals surface area contributed by atoms with E-state index in [0.29, 0.717) is 23.8 Å². The van der Waals surface area contributed by atoms with Crippen molar-refractivity contribution in [2.24, 2.45) is 0 Å². The highest BCUT2D eigenvalue weighted by atomic mass is 35.5. The molecule has 6 nitrogen and oxygen atoms in total. The summed E-state index contributed by atoms with van der Waals surface area (Å²) in [6.45, 7) is 0.591. The molecule has 0 atom stereocenters. The molecule has 0 bridgehead atoms. The fourth-order valence-electron chi connectivity index (χ4n) is 5.39. The lowest BCUT2D eigenvalue weighted by molar-refractivity contribution is -0.636. The summed E-state index contributed by atoms with van der Waals surface area (Å²) >= 11 is 0. The summed E-state index contributed by atoms with van der Waals surface area (Å²) < 4.78 is 21.6. The molecule has 0 fully saturated rings. The normalized spacial score (nSPS) is 11.3. The molecule has 0 aliphatic carbocycles. The van der Waals surface area contributed by atoms with E-state index in [-0.39, 0.29) is 12.4 Å². The van der Waals surface area contributed by atoms with Gasteiger partial charge in [0.15, 0.2) is 22.5 Å². The van der Waals surface area contributed by atoms with Crippen LogP contribution in [0.25, 0.3) is 39.7 Å². The van der Waals surface area contributed by atoms with Crippen LogP contribution in [0.4, 0.5) is 5.69 Å². The maximum absolute atomic E-state index is 6.01. The van der Waals surface area contributed by atoms with Crippen molar-refractivity contribution in [3.8, 4) is 17.2 Å². The maximum atomic E-state index is 6.01. The van der Waals surface area contributed by atoms with E-state index in [1.165, 1.54) is 0 Å². The van der Waals surface area contributed by atoms with Crippen LogP contribution in [0.5, 0.6) is 17.2 Å². The van der Waals surface area contributed by atoms with E-state index in [1.54, 1.807) is 21.3 Å². The number of halogens is 1. The summed E-state index contributed by atoms with van der Waals surface area (Å²) in [6, 6.07) is 31.1. The minimum atomic E-state index is 0. The van der Waals surface area contributed by atoms with Crippen molar-refractivity contribution in [2.45, 2.75) is 6.54 Å². The molecule has 2 aromatic heterocycles. The maximum Gasteiger partial charge on any atom is 0.288 e. The predicted octanol–water partition coefficient (Wildman–Crippen LogP) is 3.36. The van der Waals surface area contributed by atoms with E-state index in [9.17, 15) is 0 Å². The Labute approximate surface area is 239 Å². The number of nitrogens with two attached hydrogens (primary N) is 1. The smallest absolute Gasteiger partial charge is 0.288 e. The van der Waals surface area contributed by atoms with Crippen molar-refractivity contribution in [2.75, 3.05) is 27.1 Å². The number of ether oxygens (including phenoxy) is 3. The van der Waals surface area contributed by atoms with Crippen molar-refractivity contribution in [3.63, 3.8) is 0 Å². The first-order valence-electron chi connectivity index (χ1n) is 12.8. The third-order valence-electron chi connectivity index (χ3n) is 7.13. The zero-order valence-corrected chi connectivity index (χ0v) is 23.4. The van der Waals surface area contributed by atoms with Crippen molar-refractivity contribution in [1.82, 2.24) is 4.40 Å². The topological polar surface area (TPSA) is 62.0 Å². The van der Waals surface area contributed by atoms with E-state index in [4.69, 9.17) is 19.9 Å². The molecule has 2 heterocycles. The first-order valence-corrected chi connectivity index (χ1v) is 12.8. The van der Waals surface area contributed by atoms with Crippen molar-refractivity contribution < 1.29 is 31.2 Å². The van der Waals surface area contributed by atoms with Crippen LogP contribution in [0.15, 0.2) is 91.0 Å².